The number of carbonyl (C=O) groups excluding carboxylic acids is 1. The minimum atomic E-state index is -0.879. The lowest BCUT2D eigenvalue weighted by Gasteiger charge is -2.16. The second kappa shape index (κ2) is 7.82. The molecule has 0 unspecified atom stereocenters. The molecule has 0 amide bonds. The third-order valence-electron chi connectivity index (χ3n) is 3.34. The summed E-state index contributed by atoms with van der Waals surface area (Å²) in [4.78, 5) is 15.7. The molecule has 1 heterocycles. The number of hydrogen-bond donors (Lipinski definition) is 0. The van der Waals surface area contributed by atoms with Gasteiger partial charge in [-0.3, -0.25) is 0 Å². The molecule has 0 aliphatic carbocycles. The van der Waals surface area contributed by atoms with Crippen LogP contribution in [0, 0.1) is 5.95 Å². The number of halogens is 1. The van der Waals surface area contributed by atoms with Crippen LogP contribution in [0.4, 0.5) is 4.39 Å². The smallest absolute Gasteiger partial charge is 0.362 e. The van der Waals surface area contributed by atoms with Gasteiger partial charge in [0.25, 0.3) is 0 Å². The summed E-state index contributed by atoms with van der Waals surface area (Å²) in [6, 6.07) is 9.13. The van der Waals surface area contributed by atoms with Crippen LogP contribution in [0.3, 0.4) is 0 Å². The van der Waals surface area contributed by atoms with Gasteiger partial charge in [0.05, 0.1) is 12.4 Å². The first-order chi connectivity index (χ1) is 11.0. The Hall–Kier alpha value is -2.28. The second-order valence-corrected chi connectivity index (χ2v) is 5.25. The molecule has 122 valence electrons. The molecule has 0 spiro atoms. The summed E-state index contributed by atoms with van der Waals surface area (Å²) in [5, 5.41) is 0.324. The first kappa shape index (κ1) is 17.1. The van der Waals surface area contributed by atoms with Crippen molar-refractivity contribution >= 4 is 23.2 Å². The number of nitrogens with zero attached hydrogens (tertiary/aromatic N) is 2. The van der Waals surface area contributed by atoms with Crippen molar-refractivity contribution < 1.29 is 18.7 Å². The Balaban J connectivity index is 2.15. The lowest BCUT2D eigenvalue weighted by molar-refractivity contribution is 0.0102. The van der Waals surface area contributed by atoms with Crippen LogP contribution < -0.4 is 0 Å². The summed E-state index contributed by atoms with van der Waals surface area (Å²) in [6.07, 6.45) is 1.81. The average molecular weight is 336 g/mol. The molecule has 5 nitrogen and oxygen atoms in total. The molecule has 7 heteroatoms. The topological polar surface area (TPSA) is 53.4 Å². The fourth-order valence-electron chi connectivity index (χ4n) is 2.03. The van der Waals surface area contributed by atoms with Gasteiger partial charge in [0.15, 0.2) is 10.7 Å². The van der Waals surface area contributed by atoms with Gasteiger partial charge < -0.3 is 14.0 Å². The molecule has 1 aromatic carbocycles. The Bertz CT molecular complexity index is 688. The van der Waals surface area contributed by atoms with Crippen molar-refractivity contribution in [1.29, 1.82) is 0 Å². The van der Waals surface area contributed by atoms with E-state index < -0.39 is 11.9 Å². The quantitative estimate of drug-likeness (QED) is 0.459. The summed E-state index contributed by atoms with van der Waals surface area (Å²) < 4.78 is 25.3. The first-order valence-corrected chi connectivity index (χ1v) is 7.55. The van der Waals surface area contributed by atoms with Crippen LogP contribution in [0.1, 0.15) is 42.4 Å². The van der Waals surface area contributed by atoms with E-state index in [1.807, 2.05) is 44.2 Å². The van der Waals surface area contributed by atoms with Gasteiger partial charge in [-0.25, -0.2) is 9.78 Å². The van der Waals surface area contributed by atoms with Crippen LogP contribution in [0.5, 0.6) is 0 Å². The number of benzene rings is 1. The van der Waals surface area contributed by atoms with E-state index in [9.17, 15) is 9.18 Å². The predicted molar refractivity (Wildman–Crippen MR) is 86.7 cm³/mol. The zero-order chi connectivity index (χ0) is 16.8. The third kappa shape index (κ3) is 4.13. The fraction of sp³-hybridized carbons (Fsp3) is 0.312. The van der Waals surface area contributed by atoms with Gasteiger partial charge in [0.1, 0.15) is 0 Å². The molecule has 0 radical (unpaired) electrons. The number of imidazole rings is 1. The van der Waals surface area contributed by atoms with Gasteiger partial charge in [-0.2, -0.15) is 4.39 Å². The molecule has 0 aliphatic rings. The van der Waals surface area contributed by atoms with Crippen LogP contribution in [-0.4, -0.2) is 27.4 Å². The zero-order valence-corrected chi connectivity index (χ0v) is 13.7. The number of aromatic nitrogens is 2. The van der Waals surface area contributed by atoms with Crippen LogP contribution in [-0.2, 0) is 9.47 Å². The van der Waals surface area contributed by atoms with Crippen molar-refractivity contribution in [2.24, 2.45) is 0 Å². The molecule has 0 saturated carbocycles. The molecule has 2 rings (SSSR count). The predicted octanol–water partition coefficient (Wildman–Crippen LogP) is 3.50. The van der Waals surface area contributed by atoms with Crippen LogP contribution in [0.15, 0.2) is 36.7 Å². The van der Waals surface area contributed by atoms with Gasteiger partial charge in [-0.1, -0.05) is 37.3 Å². The lowest BCUT2D eigenvalue weighted by atomic mass is 10.1. The van der Waals surface area contributed by atoms with Crippen molar-refractivity contribution in [3.05, 3.63) is 53.9 Å². The van der Waals surface area contributed by atoms with E-state index in [4.69, 9.17) is 21.7 Å². The summed E-state index contributed by atoms with van der Waals surface area (Å²) in [5.74, 6) is -1.72. The Morgan fingerprint density at radius 2 is 2.04 bits per heavy atom. The number of thiocarbonyl (C=S) groups is 1. The Kier molecular flexibility index (Phi) is 5.81. The highest BCUT2D eigenvalue weighted by molar-refractivity contribution is 7.80. The highest BCUT2D eigenvalue weighted by atomic mass is 32.1. The molecule has 1 aromatic heterocycles. The second-order valence-electron chi connectivity index (χ2n) is 4.80. The maximum Gasteiger partial charge on any atom is 0.362 e. The van der Waals surface area contributed by atoms with E-state index in [1.165, 1.54) is 10.9 Å². The monoisotopic (exact) mass is 336 g/mol. The van der Waals surface area contributed by atoms with Gasteiger partial charge in [0.2, 0.25) is 12.7 Å². The van der Waals surface area contributed by atoms with E-state index in [-0.39, 0.29) is 18.5 Å². The molecule has 0 aliphatic heterocycles. The van der Waals surface area contributed by atoms with E-state index in [0.29, 0.717) is 11.5 Å². The number of rotatable bonds is 6. The summed E-state index contributed by atoms with van der Waals surface area (Å²) in [6.45, 7) is 3.31. The summed E-state index contributed by atoms with van der Waals surface area (Å²) in [7, 11) is 0. The number of ether oxygens (including phenoxy) is 2. The number of hydrogen-bond acceptors (Lipinski definition) is 5. The molecular weight excluding hydrogens is 319 g/mol. The maximum atomic E-state index is 13.9. The highest BCUT2D eigenvalue weighted by Gasteiger charge is 2.24. The standard InChI is InChI=1S/C16H17FN2O3S/c1-3-13(23)21-10-22-16(20)14-15(17)18-9-19(14)11(2)12-7-5-4-6-8-12/h4-9,11H,3,10H2,1-2H3/t11-/m1/s1. The van der Waals surface area contributed by atoms with Gasteiger partial charge in [0, 0.05) is 6.42 Å². The van der Waals surface area contributed by atoms with Crippen molar-refractivity contribution in [1.82, 2.24) is 9.55 Å². The molecule has 0 fully saturated rings. The zero-order valence-electron chi connectivity index (χ0n) is 12.9. The van der Waals surface area contributed by atoms with E-state index >= 15 is 0 Å². The SMILES string of the molecule is CCC(=S)OCOC(=O)c1c(F)ncn1[C@H](C)c1ccccc1. The van der Waals surface area contributed by atoms with Gasteiger partial charge in [-0.05, 0) is 24.7 Å². The maximum absolute atomic E-state index is 13.9. The van der Waals surface area contributed by atoms with Gasteiger partial charge >= 0.3 is 5.97 Å². The third-order valence-corrected chi connectivity index (χ3v) is 3.75. The lowest BCUT2D eigenvalue weighted by Crippen LogP contribution is -2.18. The fourth-order valence-corrected chi connectivity index (χ4v) is 2.08. The molecule has 2 aromatic rings. The molecule has 0 saturated heterocycles. The van der Waals surface area contributed by atoms with E-state index in [1.54, 1.807) is 0 Å². The van der Waals surface area contributed by atoms with Crippen LogP contribution in [0.25, 0.3) is 0 Å². The first-order valence-electron chi connectivity index (χ1n) is 7.14. The Morgan fingerprint density at radius 3 is 2.70 bits per heavy atom. The molecule has 0 bridgehead atoms. The Labute approximate surface area is 139 Å². The molecule has 23 heavy (non-hydrogen) atoms. The van der Waals surface area contributed by atoms with Crippen molar-refractivity contribution in [2.75, 3.05) is 6.79 Å². The Morgan fingerprint density at radius 1 is 1.35 bits per heavy atom. The molecule has 1 atom stereocenters. The molecule has 0 N–H and O–H groups in total. The number of esters is 1. The van der Waals surface area contributed by atoms with Crippen LogP contribution >= 0.6 is 12.2 Å². The van der Waals surface area contributed by atoms with Crippen LogP contribution in [0.2, 0.25) is 0 Å². The normalized spacial score (nSPS) is 11.8. The largest absolute Gasteiger partial charge is 0.451 e. The highest BCUT2D eigenvalue weighted by Crippen LogP contribution is 2.21. The average Bonchev–Trinajstić information content (AvgIpc) is 2.96. The number of carbonyl (C=O) groups is 1. The van der Waals surface area contributed by atoms with Crippen molar-refractivity contribution in [3.63, 3.8) is 0 Å². The van der Waals surface area contributed by atoms with E-state index in [0.717, 1.165) is 5.56 Å². The van der Waals surface area contributed by atoms with Crippen molar-refractivity contribution in [3.8, 4) is 0 Å². The van der Waals surface area contributed by atoms with E-state index in [2.05, 4.69) is 4.98 Å². The summed E-state index contributed by atoms with van der Waals surface area (Å²) in [5.41, 5.74) is 0.676. The minimum Gasteiger partial charge on any atom is -0.451 e. The van der Waals surface area contributed by atoms with Crippen molar-refractivity contribution in [2.45, 2.75) is 26.3 Å². The minimum absolute atomic E-state index is 0.243. The molecular formula is C16H17FN2O3S. The summed E-state index contributed by atoms with van der Waals surface area (Å²) >= 11 is 4.86. The van der Waals surface area contributed by atoms with Gasteiger partial charge in [-0.15, -0.1) is 0 Å².